The third-order valence-electron chi connectivity index (χ3n) is 3.57. The second kappa shape index (κ2) is 5.93. The summed E-state index contributed by atoms with van der Waals surface area (Å²) in [6.07, 6.45) is 2.17. The number of hydrogen-bond donors (Lipinski definition) is 1. The summed E-state index contributed by atoms with van der Waals surface area (Å²) < 4.78 is 7.19. The lowest BCUT2D eigenvalue weighted by atomic mass is 10.1. The smallest absolute Gasteiger partial charge is 0.356 e. The average Bonchev–Trinajstić information content (AvgIpc) is 3.11. The van der Waals surface area contributed by atoms with Gasteiger partial charge in [-0.3, -0.25) is 0 Å². The second-order valence-corrected chi connectivity index (χ2v) is 5.65. The quantitative estimate of drug-likeness (QED) is 0.772. The van der Waals surface area contributed by atoms with Gasteiger partial charge in [0.15, 0.2) is 11.5 Å². The molecule has 1 N–H and O–H groups in total. The van der Waals surface area contributed by atoms with E-state index in [2.05, 4.69) is 5.10 Å². The summed E-state index contributed by atoms with van der Waals surface area (Å²) in [4.78, 5) is 11.5. The molecule has 0 fully saturated rings. The summed E-state index contributed by atoms with van der Waals surface area (Å²) in [5.41, 5.74) is 3.01. The van der Waals surface area contributed by atoms with Crippen molar-refractivity contribution in [3.05, 3.63) is 58.4 Å². The van der Waals surface area contributed by atoms with E-state index in [9.17, 15) is 9.90 Å². The molecule has 1 aromatic carbocycles. The summed E-state index contributed by atoms with van der Waals surface area (Å²) in [5, 5.41) is 14.3. The summed E-state index contributed by atoms with van der Waals surface area (Å²) >= 11 is 5.93. The summed E-state index contributed by atoms with van der Waals surface area (Å²) in [7, 11) is 0. The van der Waals surface area contributed by atoms with Gasteiger partial charge in [-0.15, -0.1) is 0 Å². The fourth-order valence-corrected chi connectivity index (χ4v) is 2.66. The molecule has 0 radical (unpaired) electrons. The van der Waals surface area contributed by atoms with Crippen LogP contribution in [0.4, 0.5) is 0 Å². The first-order chi connectivity index (χ1) is 11.0. The van der Waals surface area contributed by atoms with Crippen molar-refractivity contribution in [2.24, 2.45) is 0 Å². The molecule has 0 saturated heterocycles. The van der Waals surface area contributed by atoms with E-state index >= 15 is 0 Å². The van der Waals surface area contributed by atoms with Gasteiger partial charge in [0, 0.05) is 10.6 Å². The molecule has 3 aromatic rings. The number of carbonyl (C=O) groups is 1. The van der Waals surface area contributed by atoms with Gasteiger partial charge in [-0.05, 0) is 49.2 Å². The first-order valence-electron chi connectivity index (χ1n) is 7.18. The molecule has 6 heteroatoms. The Balaban J connectivity index is 2.29. The molecule has 0 spiro atoms. The molecule has 2 heterocycles. The fraction of sp³-hybridized carbons (Fsp3) is 0.176. The molecular formula is C17H15ClN2O3. The normalized spacial score (nSPS) is 10.9. The van der Waals surface area contributed by atoms with Gasteiger partial charge in [0.25, 0.3) is 0 Å². The monoisotopic (exact) mass is 330 g/mol. The Morgan fingerprint density at radius 2 is 2.04 bits per heavy atom. The Bertz CT molecular complexity index is 863. The zero-order valence-electron chi connectivity index (χ0n) is 12.7. The molecule has 0 atom stereocenters. The van der Waals surface area contributed by atoms with Crippen molar-refractivity contribution >= 4 is 17.6 Å². The zero-order chi connectivity index (χ0) is 16.6. The lowest BCUT2D eigenvalue weighted by molar-refractivity contribution is 0.0689. The van der Waals surface area contributed by atoms with Crippen LogP contribution in [-0.2, 0) is 6.42 Å². The van der Waals surface area contributed by atoms with Crippen LogP contribution < -0.4 is 0 Å². The number of carboxylic acid groups (broad SMARTS) is 1. The van der Waals surface area contributed by atoms with E-state index in [4.69, 9.17) is 16.0 Å². The molecular weight excluding hydrogens is 316 g/mol. The zero-order valence-corrected chi connectivity index (χ0v) is 13.5. The average molecular weight is 331 g/mol. The second-order valence-electron chi connectivity index (χ2n) is 5.21. The first kappa shape index (κ1) is 15.4. The number of nitrogens with zero attached hydrogens (tertiary/aromatic N) is 2. The molecule has 0 saturated carbocycles. The maximum absolute atomic E-state index is 11.5. The number of aryl methyl sites for hydroxylation is 1. The van der Waals surface area contributed by atoms with Gasteiger partial charge in [0.05, 0.1) is 12.0 Å². The van der Waals surface area contributed by atoms with E-state index in [1.165, 1.54) is 0 Å². The van der Waals surface area contributed by atoms with E-state index in [0.29, 0.717) is 28.5 Å². The summed E-state index contributed by atoms with van der Waals surface area (Å²) in [6, 6.07) is 8.93. The standard InChI is InChI=1S/C17H15ClN2O3/c1-3-13-15(17(21)22)19-20(12-6-4-11(18)5-7-12)16(13)14-8-10(2)9-23-14/h4-9H,3H2,1-2H3,(H,21,22). The van der Waals surface area contributed by atoms with Crippen LogP contribution in [0.15, 0.2) is 41.0 Å². The van der Waals surface area contributed by atoms with E-state index in [-0.39, 0.29) is 5.69 Å². The number of furan rings is 1. The van der Waals surface area contributed by atoms with E-state index in [1.54, 1.807) is 35.2 Å². The number of aromatic carboxylic acids is 1. The Hall–Kier alpha value is -2.53. The van der Waals surface area contributed by atoms with Crippen molar-refractivity contribution in [3.8, 4) is 17.1 Å². The van der Waals surface area contributed by atoms with Crippen LogP contribution in [0.25, 0.3) is 17.1 Å². The van der Waals surface area contributed by atoms with Gasteiger partial charge in [-0.2, -0.15) is 5.10 Å². The third-order valence-corrected chi connectivity index (χ3v) is 3.83. The van der Waals surface area contributed by atoms with Gasteiger partial charge in [0.1, 0.15) is 5.69 Å². The van der Waals surface area contributed by atoms with Crippen LogP contribution in [0.5, 0.6) is 0 Å². The number of rotatable bonds is 4. The van der Waals surface area contributed by atoms with Crippen molar-refractivity contribution in [1.82, 2.24) is 9.78 Å². The number of halogens is 1. The van der Waals surface area contributed by atoms with Crippen molar-refractivity contribution in [1.29, 1.82) is 0 Å². The van der Waals surface area contributed by atoms with Gasteiger partial charge in [-0.1, -0.05) is 18.5 Å². The first-order valence-corrected chi connectivity index (χ1v) is 7.55. The molecule has 0 unspecified atom stereocenters. The molecule has 118 valence electrons. The predicted octanol–water partition coefficient (Wildman–Crippen LogP) is 4.35. The minimum absolute atomic E-state index is 0.0338. The highest BCUT2D eigenvalue weighted by Crippen LogP contribution is 2.31. The minimum Gasteiger partial charge on any atom is -0.476 e. The predicted molar refractivity (Wildman–Crippen MR) is 87.4 cm³/mol. The highest BCUT2D eigenvalue weighted by Gasteiger charge is 2.25. The van der Waals surface area contributed by atoms with Crippen molar-refractivity contribution in [2.75, 3.05) is 0 Å². The number of hydrogen-bond acceptors (Lipinski definition) is 3. The Labute approximate surface area is 138 Å². The fourth-order valence-electron chi connectivity index (χ4n) is 2.53. The lowest BCUT2D eigenvalue weighted by Gasteiger charge is -2.07. The van der Waals surface area contributed by atoms with Crippen LogP contribution in [0.2, 0.25) is 5.02 Å². The molecule has 0 bridgehead atoms. The Morgan fingerprint density at radius 1 is 1.35 bits per heavy atom. The molecule has 2 aromatic heterocycles. The molecule has 3 rings (SSSR count). The third kappa shape index (κ3) is 2.75. The van der Waals surface area contributed by atoms with Crippen molar-refractivity contribution < 1.29 is 14.3 Å². The number of benzene rings is 1. The Kier molecular flexibility index (Phi) is 3.96. The molecule has 0 aliphatic heterocycles. The summed E-state index contributed by atoms with van der Waals surface area (Å²) in [5.74, 6) is -0.464. The van der Waals surface area contributed by atoms with Crippen LogP contribution >= 0.6 is 11.6 Å². The lowest BCUT2D eigenvalue weighted by Crippen LogP contribution is -2.02. The van der Waals surface area contributed by atoms with Crippen LogP contribution in [0.1, 0.15) is 28.5 Å². The largest absolute Gasteiger partial charge is 0.476 e. The highest BCUT2D eigenvalue weighted by atomic mass is 35.5. The van der Waals surface area contributed by atoms with Gasteiger partial charge >= 0.3 is 5.97 Å². The molecule has 5 nitrogen and oxygen atoms in total. The maximum Gasteiger partial charge on any atom is 0.356 e. The number of aromatic nitrogens is 2. The van der Waals surface area contributed by atoms with Gasteiger partial charge in [-0.25, -0.2) is 9.48 Å². The van der Waals surface area contributed by atoms with Crippen LogP contribution in [0, 0.1) is 6.92 Å². The molecule has 0 aliphatic rings. The highest BCUT2D eigenvalue weighted by molar-refractivity contribution is 6.30. The molecule has 0 aliphatic carbocycles. The van der Waals surface area contributed by atoms with Crippen molar-refractivity contribution in [2.45, 2.75) is 20.3 Å². The summed E-state index contributed by atoms with van der Waals surface area (Å²) in [6.45, 7) is 3.81. The topological polar surface area (TPSA) is 68.3 Å². The molecule has 0 amide bonds. The van der Waals surface area contributed by atoms with Gasteiger partial charge in [0.2, 0.25) is 0 Å². The van der Waals surface area contributed by atoms with Crippen LogP contribution in [0.3, 0.4) is 0 Å². The SMILES string of the molecule is CCc1c(C(=O)O)nn(-c2ccc(Cl)cc2)c1-c1cc(C)co1. The van der Waals surface area contributed by atoms with Gasteiger partial charge < -0.3 is 9.52 Å². The maximum atomic E-state index is 11.5. The van der Waals surface area contributed by atoms with E-state index in [0.717, 1.165) is 11.3 Å². The van der Waals surface area contributed by atoms with Crippen molar-refractivity contribution in [3.63, 3.8) is 0 Å². The van der Waals surface area contributed by atoms with Crippen LogP contribution in [-0.4, -0.2) is 20.9 Å². The molecule has 23 heavy (non-hydrogen) atoms. The minimum atomic E-state index is -1.06. The van der Waals surface area contributed by atoms with E-state index in [1.807, 2.05) is 19.9 Å². The van der Waals surface area contributed by atoms with E-state index < -0.39 is 5.97 Å². The Morgan fingerprint density at radius 3 is 2.57 bits per heavy atom. The number of carboxylic acids is 1.